The Morgan fingerprint density at radius 1 is 1.36 bits per heavy atom. The van der Waals surface area contributed by atoms with Gasteiger partial charge in [-0.05, 0) is 30.4 Å². The Balaban J connectivity index is 2.36. The van der Waals surface area contributed by atoms with Crippen molar-refractivity contribution in [1.82, 2.24) is 0 Å². The monoisotopic (exact) mass is 180 g/mol. The molecule has 0 spiro atoms. The zero-order valence-corrected chi connectivity index (χ0v) is 7.53. The highest BCUT2D eigenvalue weighted by Crippen LogP contribution is 2.43. The first-order valence-corrected chi connectivity index (χ1v) is 4.69. The third-order valence-electron chi connectivity index (χ3n) is 2.73. The molecule has 0 aliphatic heterocycles. The summed E-state index contributed by atoms with van der Waals surface area (Å²) in [4.78, 5) is 0. The summed E-state index contributed by atoms with van der Waals surface area (Å²) in [5, 5.41) is 0. The average Bonchev–Trinajstić information content (AvgIpc) is 1.83. The van der Waals surface area contributed by atoms with Gasteiger partial charge in [0, 0.05) is 5.92 Å². The van der Waals surface area contributed by atoms with E-state index in [-0.39, 0.29) is 11.8 Å². The molecule has 1 aliphatic carbocycles. The maximum absolute atomic E-state index is 12.2. The van der Waals surface area contributed by atoms with Gasteiger partial charge in [-0.3, -0.25) is 0 Å². The van der Waals surface area contributed by atoms with Crippen molar-refractivity contribution in [2.75, 3.05) is 5.75 Å². The van der Waals surface area contributed by atoms with Crippen LogP contribution in [0, 0.1) is 17.8 Å². The van der Waals surface area contributed by atoms with Crippen LogP contribution in [0.1, 0.15) is 19.8 Å². The second kappa shape index (κ2) is 3.74. The molecule has 1 fully saturated rings. The van der Waals surface area contributed by atoms with Crippen LogP contribution in [0.4, 0.5) is 8.78 Å². The minimum absolute atomic E-state index is 0.229. The van der Waals surface area contributed by atoms with E-state index in [1.54, 1.807) is 0 Å². The van der Waals surface area contributed by atoms with Crippen LogP contribution in [0.5, 0.6) is 0 Å². The SMILES string of the molecule is CC(CS)C1CCC1C(F)F. The third kappa shape index (κ3) is 1.86. The molecule has 0 heterocycles. The first-order valence-electron chi connectivity index (χ1n) is 4.05. The smallest absolute Gasteiger partial charge is 0.210 e. The van der Waals surface area contributed by atoms with Gasteiger partial charge >= 0.3 is 0 Å². The molecule has 3 atom stereocenters. The predicted octanol–water partition coefficient (Wildman–Crippen LogP) is 2.84. The first kappa shape index (κ1) is 9.30. The van der Waals surface area contributed by atoms with Gasteiger partial charge in [0.2, 0.25) is 6.43 Å². The van der Waals surface area contributed by atoms with Gasteiger partial charge in [0.05, 0.1) is 0 Å². The summed E-state index contributed by atoms with van der Waals surface area (Å²) in [6.45, 7) is 2.01. The number of thiol groups is 1. The molecule has 0 bridgehead atoms. The van der Waals surface area contributed by atoms with E-state index in [4.69, 9.17) is 0 Å². The highest BCUT2D eigenvalue weighted by molar-refractivity contribution is 7.80. The summed E-state index contributed by atoms with van der Waals surface area (Å²) >= 11 is 4.11. The van der Waals surface area contributed by atoms with Crippen LogP contribution in [0.2, 0.25) is 0 Å². The van der Waals surface area contributed by atoms with E-state index in [0.29, 0.717) is 12.3 Å². The molecule has 0 amide bonds. The summed E-state index contributed by atoms with van der Waals surface area (Å²) in [5.74, 6) is 0.976. The quantitative estimate of drug-likeness (QED) is 0.634. The molecule has 11 heavy (non-hydrogen) atoms. The van der Waals surface area contributed by atoms with E-state index in [9.17, 15) is 8.78 Å². The van der Waals surface area contributed by atoms with Crippen LogP contribution in [0.25, 0.3) is 0 Å². The standard InChI is InChI=1S/C8H14F2S/c1-5(4-11)6-2-3-7(6)8(9)10/h5-8,11H,2-4H2,1H3. The molecule has 0 N–H and O–H groups in total. The van der Waals surface area contributed by atoms with Crippen molar-refractivity contribution >= 4 is 12.6 Å². The highest BCUT2D eigenvalue weighted by atomic mass is 32.1. The van der Waals surface area contributed by atoms with Gasteiger partial charge in [-0.15, -0.1) is 0 Å². The van der Waals surface area contributed by atoms with Gasteiger partial charge in [-0.1, -0.05) is 6.92 Å². The summed E-state index contributed by atoms with van der Waals surface area (Å²) < 4.78 is 24.4. The molecule has 0 aromatic carbocycles. The summed E-state index contributed by atoms with van der Waals surface area (Å²) in [5.41, 5.74) is 0. The molecule has 1 rings (SSSR count). The molecule has 0 nitrogen and oxygen atoms in total. The van der Waals surface area contributed by atoms with Gasteiger partial charge in [0.25, 0.3) is 0 Å². The van der Waals surface area contributed by atoms with Gasteiger partial charge in [0.1, 0.15) is 0 Å². The molecule has 0 radical (unpaired) electrons. The molecular weight excluding hydrogens is 166 g/mol. The highest BCUT2D eigenvalue weighted by Gasteiger charge is 2.39. The molecular formula is C8H14F2S. The number of rotatable bonds is 3. The maximum Gasteiger partial charge on any atom is 0.241 e. The summed E-state index contributed by atoms with van der Waals surface area (Å²) in [7, 11) is 0. The van der Waals surface area contributed by atoms with Crippen LogP contribution in [0.3, 0.4) is 0 Å². The third-order valence-corrected chi connectivity index (χ3v) is 3.30. The zero-order valence-electron chi connectivity index (χ0n) is 6.63. The molecule has 0 aromatic heterocycles. The number of halogens is 2. The molecule has 0 aromatic rings. The van der Waals surface area contributed by atoms with Crippen molar-refractivity contribution in [2.45, 2.75) is 26.2 Å². The Morgan fingerprint density at radius 3 is 2.18 bits per heavy atom. The van der Waals surface area contributed by atoms with Gasteiger partial charge in [0.15, 0.2) is 0 Å². The average molecular weight is 180 g/mol. The van der Waals surface area contributed by atoms with Crippen molar-refractivity contribution in [3.8, 4) is 0 Å². The Hall–Kier alpha value is 0.210. The Kier molecular flexibility index (Phi) is 3.16. The largest absolute Gasteiger partial charge is 0.241 e. The van der Waals surface area contributed by atoms with E-state index < -0.39 is 6.43 Å². The number of alkyl halides is 2. The van der Waals surface area contributed by atoms with Crippen LogP contribution in [0.15, 0.2) is 0 Å². The molecule has 3 heteroatoms. The van der Waals surface area contributed by atoms with Crippen LogP contribution in [-0.4, -0.2) is 12.2 Å². The maximum atomic E-state index is 12.2. The Bertz CT molecular complexity index is 127. The summed E-state index contributed by atoms with van der Waals surface area (Å²) in [6, 6.07) is 0. The lowest BCUT2D eigenvalue weighted by atomic mass is 9.68. The van der Waals surface area contributed by atoms with Crippen molar-refractivity contribution < 1.29 is 8.78 Å². The first-order chi connectivity index (χ1) is 5.16. The fourth-order valence-electron chi connectivity index (χ4n) is 1.71. The minimum Gasteiger partial charge on any atom is -0.210 e. The second-order valence-electron chi connectivity index (χ2n) is 3.40. The van der Waals surface area contributed by atoms with E-state index in [1.165, 1.54) is 0 Å². The van der Waals surface area contributed by atoms with Crippen molar-refractivity contribution in [1.29, 1.82) is 0 Å². The fraction of sp³-hybridized carbons (Fsp3) is 1.00. The van der Waals surface area contributed by atoms with Gasteiger partial charge < -0.3 is 0 Å². The molecule has 66 valence electrons. The van der Waals surface area contributed by atoms with Crippen LogP contribution < -0.4 is 0 Å². The van der Waals surface area contributed by atoms with Crippen LogP contribution >= 0.6 is 12.6 Å². The van der Waals surface area contributed by atoms with E-state index in [2.05, 4.69) is 12.6 Å². The Morgan fingerprint density at radius 2 is 1.91 bits per heavy atom. The van der Waals surface area contributed by atoms with E-state index in [1.807, 2.05) is 6.92 Å². The topological polar surface area (TPSA) is 0 Å². The van der Waals surface area contributed by atoms with Crippen molar-refractivity contribution in [3.63, 3.8) is 0 Å². The van der Waals surface area contributed by atoms with Gasteiger partial charge in [-0.2, -0.15) is 12.6 Å². The number of hydrogen-bond acceptors (Lipinski definition) is 1. The normalized spacial score (nSPS) is 33.5. The lowest BCUT2D eigenvalue weighted by Crippen LogP contribution is -2.36. The lowest BCUT2D eigenvalue weighted by Gasteiger charge is -2.39. The van der Waals surface area contributed by atoms with E-state index >= 15 is 0 Å². The predicted molar refractivity (Wildman–Crippen MR) is 45.2 cm³/mol. The van der Waals surface area contributed by atoms with Crippen molar-refractivity contribution in [2.24, 2.45) is 17.8 Å². The minimum atomic E-state index is -2.11. The second-order valence-corrected chi connectivity index (χ2v) is 3.76. The number of hydrogen-bond donors (Lipinski definition) is 1. The Labute approximate surface area is 71.8 Å². The van der Waals surface area contributed by atoms with Gasteiger partial charge in [-0.25, -0.2) is 8.78 Å². The molecule has 0 saturated heterocycles. The molecule has 1 saturated carbocycles. The van der Waals surface area contributed by atoms with Crippen LogP contribution in [-0.2, 0) is 0 Å². The zero-order chi connectivity index (χ0) is 8.43. The molecule has 3 unspecified atom stereocenters. The summed E-state index contributed by atoms with van der Waals surface area (Å²) in [6.07, 6.45) is -0.437. The fourth-order valence-corrected chi connectivity index (χ4v) is 1.98. The van der Waals surface area contributed by atoms with Crippen molar-refractivity contribution in [3.05, 3.63) is 0 Å². The molecule has 1 aliphatic rings. The lowest BCUT2D eigenvalue weighted by molar-refractivity contribution is -0.0288. The van der Waals surface area contributed by atoms with E-state index in [0.717, 1.165) is 12.2 Å².